The highest BCUT2D eigenvalue weighted by Gasteiger charge is 2.41. The minimum atomic E-state index is -2.97. The molecular formula is C44H41AlCl4N8. The Morgan fingerprint density at radius 3 is 1.58 bits per heavy atom. The molecule has 4 aliphatic heterocycles. The first-order valence-corrected chi connectivity index (χ1v) is 22.9. The zero-order chi connectivity index (χ0) is 40.8. The summed E-state index contributed by atoms with van der Waals surface area (Å²) in [5, 5.41) is 0. The summed E-state index contributed by atoms with van der Waals surface area (Å²) in [7, 11) is 8.02. The number of hydrogen-bond acceptors (Lipinski definition) is 6. The lowest BCUT2D eigenvalue weighted by Crippen LogP contribution is -2.43. The van der Waals surface area contributed by atoms with Gasteiger partial charge in [0.15, 0.2) is 23.3 Å². The van der Waals surface area contributed by atoms with E-state index < -0.39 is 28.3 Å². The number of aliphatic imine (C=N–C) groups is 4. The summed E-state index contributed by atoms with van der Waals surface area (Å²) >= 11 is 17.6. The molecule has 7 aliphatic rings. The molecule has 2 atom stereocenters. The maximum Gasteiger partial charge on any atom is 0.722 e. The number of hydrogen-bond donors (Lipinski definition) is 0. The van der Waals surface area contributed by atoms with Gasteiger partial charge in [0.25, 0.3) is 0 Å². The Morgan fingerprint density at radius 1 is 0.614 bits per heavy atom. The SMILES string of the molecule is C=CC1=C(/C=C\C(C)(C)Cl)C2=Nc3c4c(c5[n]3[Al]([Cl])[n]3c(c6c(c3=NC1=N2)C=CC(C)(C)C=C6)=NC1=NC(=N5)C2=C1C=CC(C)(Cl)C=C2)C=CC(C)(Cl)C=C4.CC. The molecular weight excluding hydrogens is 809 g/mol. The highest BCUT2D eigenvalue weighted by atomic mass is 35.6. The summed E-state index contributed by atoms with van der Waals surface area (Å²) in [4.78, 5) is 29.6. The fourth-order valence-corrected chi connectivity index (χ4v) is 10.5. The van der Waals surface area contributed by atoms with Crippen LogP contribution in [-0.2, 0) is 0 Å². The van der Waals surface area contributed by atoms with Gasteiger partial charge in [-0.1, -0.05) is 125 Å². The quantitative estimate of drug-likeness (QED) is 0.218. The van der Waals surface area contributed by atoms with Gasteiger partial charge in [-0.05, 0) is 27.7 Å². The molecule has 0 radical (unpaired) electrons. The molecule has 9 rings (SSSR count). The summed E-state index contributed by atoms with van der Waals surface area (Å²) < 4.78 is 4.11. The number of alkyl halides is 3. The molecule has 2 aromatic heterocycles. The zero-order valence-electron chi connectivity index (χ0n) is 33.0. The number of amidine groups is 4. The van der Waals surface area contributed by atoms with E-state index >= 15 is 0 Å². The number of fused-ring (bicyclic) bond motifs is 10. The average molecular weight is 851 g/mol. The first-order valence-electron chi connectivity index (χ1n) is 19.0. The smallest absolute Gasteiger partial charge is 0.370 e. The van der Waals surface area contributed by atoms with Gasteiger partial charge in [-0.2, -0.15) is 10.0 Å². The van der Waals surface area contributed by atoms with E-state index in [9.17, 15) is 0 Å². The molecule has 6 bridgehead atoms. The molecule has 0 spiro atoms. The Hall–Kier alpha value is -4.07. The van der Waals surface area contributed by atoms with E-state index in [1.807, 2.05) is 106 Å². The van der Waals surface area contributed by atoms with Crippen molar-refractivity contribution in [1.82, 2.24) is 7.10 Å². The Balaban J connectivity index is 0.00000224. The van der Waals surface area contributed by atoms with Crippen LogP contribution in [0.25, 0.3) is 24.3 Å². The average Bonchev–Trinajstić information content (AvgIpc) is 3.71. The minimum Gasteiger partial charge on any atom is -0.370 e. The Bertz CT molecular complexity index is 2740. The van der Waals surface area contributed by atoms with Crippen molar-refractivity contribution < 1.29 is 0 Å². The third kappa shape index (κ3) is 7.01. The maximum absolute atomic E-state index is 8.02. The summed E-state index contributed by atoms with van der Waals surface area (Å²) in [6.45, 7) is 20.2. The molecule has 0 amide bonds. The Kier molecular flexibility index (Phi) is 9.79. The van der Waals surface area contributed by atoms with Gasteiger partial charge in [-0.15, -0.1) is 34.8 Å². The lowest BCUT2D eigenvalue weighted by molar-refractivity contribution is 0.633. The Morgan fingerprint density at radius 2 is 1.05 bits per heavy atom. The third-order valence-corrected chi connectivity index (χ3v) is 13.8. The second-order valence-electron chi connectivity index (χ2n) is 15.8. The van der Waals surface area contributed by atoms with Crippen LogP contribution in [0.3, 0.4) is 0 Å². The molecule has 0 saturated heterocycles. The zero-order valence-corrected chi connectivity index (χ0v) is 37.2. The van der Waals surface area contributed by atoms with Gasteiger partial charge in [0.05, 0.1) is 14.6 Å². The van der Waals surface area contributed by atoms with Gasteiger partial charge in [-0.3, -0.25) is 0 Å². The van der Waals surface area contributed by atoms with Gasteiger partial charge in [0, 0.05) is 50.0 Å². The molecule has 0 saturated carbocycles. The molecule has 2 aromatic rings. The van der Waals surface area contributed by atoms with Crippen molar-refractivity contribution in [3.63, 3.8) is 0 Å². The van der Waals surface area contributed by atoms with Gasteiger partial charge < -0.3 is 7.10 Å². The lowest BCUT2D eigenvalue weighted by Gasteiger charge is -2.17. The molecule has 0 fully saturated rings. The van der Waals surface area contributed by atoms with Gasteiger partial charge in [-0.25, -0.2) is 30.0 Å². The predicted octanol–water partition coefficient (Wildman–Crippen LogP) is 10.7. The van der Waals surface area contributed by atoms with E-state index in [1.54, 1.807) is 6.08 Å². The number of nitrogens with zero attached hydrogens (tertiary/aromatic N) is 8. The van der Waals surface area contributed by atoms with E-state index in [2.05, 4.69) is 48.3 Å². The van der Waals surface area contributed by atoms with Crippen molar-refractivity contribution in [2.75, 3.05) is 0 Å². The van der Waals surface area contributed by atoms with E-state index in [4.69, 9.17) is 74.8 Å². The van der Waals surface area contributed by atoms with Crippen molar-refractivity contribution in [3.05, 3.63) is 129 Å². The van der Waals surface area contributed by atoms with Gasteiger partial charge in [0.1, 0.15) is 22.6 Å². The Labute approximate surface area is 357 Å². The molecule has 0 N–H and O–H groups in total. The summed E-state index contributed by atoms with van der Waals surface area (Å²) in [6.07, 6.45) is 29.9. The molecule has 288 valence electrons. The van der Waals surface area contributed by atoms with Crippen LogP contribution in [0, 0.1) is 5.41 Å². The first-order chi connectivity index (χ1) is 26.9. The van der Waals surface area contributed by atoms with Crippen LogP contribution in [0.15, 0.2) is 126 Å². The van der Waals surface area contributed by atoms with Crippen LogP contribution in [0.1, 0.15) is 77.6 Å². The van der Waals surface area contributed by atoms with Crippen LogP contribution >= 0.6 is 44.9 Å². The monoisotopic (exact) mass is 848 g/mol. The molecule has 3 aliphatic carbocycles. The fraction of sp³-hybridized carbons (Fsp3) is 0.273. The molecule has 57 heavy (non-hydrogen) atoms. The molecule has 0 aromatic carbocycles. The third-order valence-electron chi connectivity index (χ3n) is 10.2. The number of aromatic nitrogens is 2. The maximum atomic E-state index is 8.02. The second kappa shape index (κ2) is 14.0. The van der Waals surface area contributed by atoms with Gasteiger partial charge in [0.2, 0.25) is 0 Å². The normalized spacial score (nSPS) is 24.5. The van der Waals surface area contributed by atoms with Crippen molar-refractivity contribution in [1.29, 1.82) is 0 Å². The van der Waals surface area contributed by atoms with Crippen LogP contribution in [0.5, 0.6) is 0 Å². The van der Waals surface area contributed by atoms with Crippen molar-refractivity contribution >= 4 is 118 Å². The van der Waals surface area contributed by atoms with Gasteiger partial charge >= 0.3 is 13.7 Å². The van der Waals surface area contributed by atoms with E-state index in [0.29, 0.717) is 46.0 Å². The van der Waals surface area contributed by atoms with Crippen LogP contribution in [0.4, 0.5) is 11.6 Å². The standard InChI is InChI=1S/C42H35Cl3N8.C2H6.Al.ClH/c1-8-23-24(11-18-40(4,5)43)32-46-31(23)47-33-25-9-16-39(2,3)17-10-26(25)34(49-33)50-36-29-14-21-42(7,45)22-15-30(29)38(52-36)53-37-28-13-20-41(6,44)19-12-27(28)35(48-32)51-37;1-2;;/h8-22H,1H2,2-7H3;1-2H3;;1H/q-2;;+3;/p-1/b18-11-;;;. The first kappa shape index (κ1) is 39.7. The van der Waals surface area contributed by atoms with Crippen LogP contribution in [0.2, 0.25) is 0 Å². The number of allylic oxidation sites excluding steroid dienone is 7. The number of rotatable bonds is 3. The predicted molar refractivity (Wildman–Crippen MR) is 244 cm³/mol. The molecule has 6 heterocycles. The van der Waals surface area contributed by atoms with E-state index in [-0.39, 0.29) is 5.41 Å². The summed E-state index contributed by atoms with van der Waals surface area (Å²) in [5.41, 5.74) is 7.38. The van der Waals surface area contributed by atoms with Crippen molar-refractivity contribution in [2.45, 2.75) is 70.0 Å². The highest BCUT2D eigenvalue weighted by Crippen LogP contribution is 2.44. The lowest BCUT2D eigenvalue weighted by atomic mass is 9.93. The topological polar surface area (TPSA) is 84.0 Å². The number of halogens is 4. The summed E-state index contributed by atoms with van der Waals surface area (Å²) in [5.74, 6) is 3.05. The van der Waals surface area contributed by atoms with E-state index in [0.717, 1.165) is 44.5 Å². The highest BCUT2D eigenvalue weighted by molar-refractivity contribution is 7.05. The molecule has 2 unspecified atom stereocenters. The molecule has 8 nitrogen and oxygen atoms in total. The molecule has 13 heteroatoms. The van der Waals surface area contributed by atoms with Crippen molar-refractivity contribution in [3.8, 4) is 0 Å². The fourth-order valence-electron chi connectivity index (χ4n) is 7.22. The second-order valence-corrected chi connectivity index (χ2v) is 21.3. The van der Waals surface area contributed by atoms with Crippen molar-refractivity contribution in [2.24, 2.45) is 35.4 Å². The van der Waals surface area contributed by atoms with E-state index in [1.165, 1.54) is 0 Å². The largest absolute Gasteiger partial charge is 0.722 e. The summed E-state index contributed by atoms with van der Waals surface area (Å²) in [6, 6.07) is 0. The van der Waals surface area contributed by atoms with Crippen LogP contribution in [-0.4, -0.2) is 58.7 Å². The minimum absolute atomic E-state index is 0.239. The van der Waals surface area contributed by atoms with Crippen LogP contribution < -0.4 is 11.0 Å².